The van der Waals surface area contributed by atoms with E-state index in [0.717, 1.165) is 16.0 Å². The van der Waals surface area contributed by atoms with Gasteiger partial charge in [-0.2, -0.15) is 5.26 Å². The fourth-order valence-corrected chi connectivity index (χ4v) is 3.78. The highest BCUT2D eigenvalue weighted by atomic mass is 19.3. The van der Waals surface area contributed by atoms with E-state index in [1.165, 1.54) is 24.4 Å². The highest BCUT2D eigenvalue weighted by Crippen LogP contribution is 2.31. The van der Waals surface area contributed by atoms with Crippen LogP contribution in [0.2, 0.25) is 0 Å². The number of benzene rings is 2. The topological polar surface area (TPSA) is 86.1 Å². The van der Waals surface area contributed by atoms with Crippen LogP contribution >= 0.6 is 0 Å². The van der Waals surface area contributed by atoms with E-state index in [4.69, 9.17) is 5.26 Å². The van der Waals surface area contributed by atoms with Crippen LogP contribution in [0.1, 0.15) is 27.9 Å². The summed E-state index contributed by atoms with van der Waals surface area (Å²) in [7, 11) is 0. The van der Waals surface area contributed by atoms with Crippen LogP contribution in [-0.2, 0) is 4.79 Å². The Labute approximate surface area is 193 Å². The maximum atomic E-state index is 13.6. The van der Waals surface area contributed by atoms with Crippen molar-refractivity contribution in [3.63, 3.8) is 0 Å². The SMILES string of the molecule is N#C[C@@H]1CC(F)(F)CN1C(=O)CNC(=O)c1ccnc2ccc(/C=C/c3ccc(F)cc3)cc12. The Bertz CT molecular complexity index is 1320. The lowest BCUT2D eigenvalue weighted by Gasteiger charge is -2.19. The smallest absolute Gasteiger partial charge is 0.268 e. The molecule has 6 nitrogen and oxygen atoms in total. The van der Waals surface area contributed by atoms with Gasteiger partial charge in [0.15, 0.2) is 0 Å². The quantitative estimate of drug-likeness (QED) is 0.578. The Morgan fingerprint density at radius 3 is 2.59 bits per heavy atom. The van der Waals surface area contributed by atoms with Crippen molar-refractivity contribution in [3.8, 4) is 6.07 Å². The number of fused-ring (bicyclic) bond motifs is 1. The summed E-state index contributed by atoms with van der Waals surface area (Å²) in [6.07, 6.45) is 4.35. The minimum atomic E-state index is -3.13. The molecule has 0 aliphatic carbocycles. The highest BCUT2D eigenvalue weighted by molar-refractivity contribution is 6.07. The maximum Gasteiger partial charge on any atom is 0.268 e. The number of carbonyl (C=O) groups is 2. The van der Waals surface area contributed by atoms with Gasteiger partial charge in [-0.3, -0.25) is 14.6 Å². The molecule has 1 saturated heterocycles. The van der Waals surface area contributed by atoms with Gasteiger partial charge in [0.1, 0.15) is 11.9 Å². The molecule has 1 aromatic heterocycles. The van der Waals surface area contributed by atoms with Gasteiger partial charge in [0, 0.05) is 18.0 Å². The molecule has 1 fully saturated rings. The predicted octanol–water partition coefficient (Wildman–Crippen LogP) is 4.03. The molecule has 172 valence electrons. The lowest BCUT2D eigenvalue weighted by molar-refractivity contribution is -0.131. The van der Waals surface area contributed by atoms with E-state index in [1.54, 1.807) is 42.5 Å². The van der Waals surface area contributed by atoms with Gasteiger partial charge in [-0.05, 0) is 41.5 Å². The molecule has 2 aromatic carbocycles. The summed E-state index contributed by atoms with van der Waals surface area (Å²) in [6, 6.07) is 13.3. The first-order valence-electron chi connectivity index (χ1n) is 10.4. The molecule has 0 spiro atoms. The van der Waals surface area contributed by atoms with Gasteiger partial charge in [0.25, 0.3) is 11.8 Å². The van der Waals surface area contributed by atoms with Crippen molar-refractivity contribution < 1.29 is 22.8 Å². The molecule has 34 heavy (non-hydrogen) atoms. The van der Waals surface area contributed by atoms with Gasteiger partial charge < -0.3 is 10.2 Å². The number of nitriles is 1. The largest absolute Gasteiger partial charge is 0.343 e. The van der Waals surface area contributed by atoms with Crippen molar-refractivity contribution in [1.29, 1.82) is 5.26 Å². The summed E-state index contributed by atoms with van der Waals surface area (Å²) < 4.78 is 40.3. The van der Waals surface area contributed by atoms with Gasteiger partial charge >= 0.3 is 0 Å². The number of aromatic nitrogens is 1. The molecule has 2 heterocycles. The average Bonchev–Trinajstić information content (AvgIpc) is 3.16. The maximum absolute atomic E-state index is 13.6. The summed E-state index contributed by atoms with van der Waals surface area (Å²) in [4.78, 5) is 30.2. The number of nitrogens with zero attached hydrogens (tertiary/aromatic N) is 3. The van der Waals surface area contributed by atoms with E-state index >= 15 is 0 Å². The van der Waals surface area contributed by atoms with E-state index < -0.39 is 43.3 Å². The number of hydrogen-bond acceptors (Lipinski definition) is 4. The Balaban J connectivity index is 1.50. The molecule has 9 heteroatoms. The Hall–Kier alpha value is -4.19. The lowest BCUT2D eigenvalue weighted by Crippen LogP contribution is -2.43. The van der Waals surface area contributed by atoms with Crippen LogP contribution < -0.4 is 5.32 Å². The lowest BCUT2D eigenvalue weighted by atomic mass is 10.0. The number of nitrogens with one attached hydrogen (secondary N) is 1. The van der Waals surface area contributed by atoms with Crippen LogP contribution in [0.15, 0.2) is 54.7 Å². The summed E-state index contributed by atoms with van der Waals surface area (Å²) in [6.45, 7) is -1.36. The number of hydrogen-bond donors (Lipinski definition) is 1. The van der Waals surface area contributed by atoms with Crippen molar-refractivity contribution in [2.24, 2.45) is 0 Å². The molecule has 0 unspecified atom stereocenters. The molecule has 1 atom stereocenters. The molecule has 1 N–H and O–H groups in total. The number of halogens is 3. The monoisotopic (exact) mass is 464 g/mol. The molecular formula is C25H19F3N4O2. The van der Waals surface area contributed by atoms with E-state index in [2.05, 4.69) is 10.3 Å². The number of likely N-dealkylation sites (tertiary alicyclic amines) is 1. The van der Waals surface area contributed by atoms with Gasteiger partial charge in [0.2, 0.25) is 5.91 Å². The molecule has 2 amide bonds. The van der Waals surface area contributed by atoms with Crippen molar-refractivity contribution in [2.75, 3.05) is 13.1 Å². The third-order valence-electron chi connectivity index (χ3n) is 5.49. The number of pyridine rings is 1. The standard InChI is InChI=1S/C25H19F3N4O2/c26-18-6-3-16(4-7-18)1-2-17-5-8-22-21(11-17)20(9-10-30-22)24(34)31-14-23(33)32-15-25(27,28)12-19(32)13-29/h1-11,19H,12,14-15H2,(H,31,34)/b2-1+/t19-/m0/s1. The first-order chi connectivity index (χ1) is 16.3. The molecular weight excluding hydrogens is 445 g/mol. The fraction of sp³-hybridized carbons (Fsp3) is 0.200. The Morgan fingerprint density at radius 2 is 1.85 bits per heavy atom. The second-order valence-corrected chi connectivity index (χ2v) is 7.93. The molecule has 1 aliphatic rings. The van der Waals surface area contributed by atoms with Crippen molar-refractivity contribution in [2.45, 2.75) is 18.4 Å². The number of carbonyl (C=O) groups excluding carboxylic acids is 2. The first-order valence-corrected chi connectivity index (χ1v) is 10.4. The van der Waals surface area contributed by atoms with Crippen molar-refractivity contribution >= 4 is 34.9 Å². The van der Waals surface area contributed by atoms with Gasteiger partial charge in [-0.15, -0.1) is 0 Å². The second kappa shape index (κ2) is 9.35. The Morgan fingerprint density at radius 1 is 1.15 bits per heavy atom. The molecule has 4 rings (SSSR count). The molecule has 1 aliphatic heterocycles. The minimum absolute atomic E-state index is 0.262. The van der Waals surface area contributed by atoms with E-state index in [1.807, 2.05) is 6.07 Å². The van der Waals surface area contributed by atoms with E-state index in [-0.39, 0.29) is 11.4 Å². The number of alkyl halides is 2. The summed E-state index contributed by atoms with van der Waals surface area (Å²) in [5.74, 6) is -4.78. The zero-order valence-electron chi connectivity index (χ0n) is 17.8. The van der Waals surface area contributed by atoms with Gasteiger partial charge in [0.05, 0.1) is 30.2 Å². The predicted molar refractivity (Wildman–Crippen MR) is 120 cm³/mol. The van der Waals surface area contributed by atoms with E-state index in [0.29, 0.717) is 10.9 Å². The average molecular weight is 464 g/mol. The molecule has 3 aromatic rings. The molecule has 0 bridgehead atoms. The normalized spacial score (nSPS) is 17.1. The molecule has 0 saturated carbocycles. The van der Waals surface area contributed by atoms with Crippen LogP contribution in [0.4, 0.5) is 13.2 Å². The van der Waals surface area contributed by atoms with Gasteiger partial charge in [-0.25, -0.2) is 13.2 Å². The van der Waals surface area contributed by atoms with Crippen LogP contribution in [-0.4, -0.2) is 46.8 Å². The van der Waals surface area contributed by atoms with Crippen LogP contribution in [0.5, 0.6) is 0 Å². The summed E-state index contributed by atoms with van der Waals surface area (Å²) in [5.41, 5.74) is 2.39. The van der Waals surface area contributed by atoms with Crippen LogP contribution in [0, 0.1) is 17.1 Å². The summed E-state index contributed by atoms with van der Waals surface area (Å²) >= 11 is 0. The number of amides is 2. The van der Waals surface area contributed by atoms with Crippen LogP contribution in [0.25, 0.3) is 23.1 Å². The summed E-state index contributed by atoms with van der Waals surface area (Å²) in [5, 5.41) is 12.0. The minimum Gasteiger partial charge on any atom is -0.343 e. The third-order valence-corrected chi connectivity index (χ3v) is 5.49. The van der Waals surface area contributed by atoms with Gasteiger partial charge in [-0.1, -0.05) is 30.4 Å². The third kappa shape index (κ3) is 5.07. The Kier molecular flexibility index (Phi) is 6.32. The zero-order valence-corrected chi connectivity index (χ0v) is 17.8. The highest BCUT2D eigenvalue weighted by Gasteiger charge is 2.47. The van der Waals surface area contributed by atoms with Crippen LogP contribution in [0.3, 0.4) is 0 Å². The van der Waals surface area contributed by atoms with Crippen molar-refractivity contribution in [3.05, 3.63) is 77.2 Å². The molecule has 0 radical (unpaired) electrons. The van der Waals surface area contributed by atoms with E-state index in [9.17, 15) is 22.8 Å². The second-order valence-electron chi connectivity index (χ2n) is 7.93. The number of rotatable bonds is 5. The van der Waals surface area contributed by atoms with Crippen molar-refractivity contribution in [1.82, 2.24) is 15.2 Å². The fourth-order valence-electron chi connectivity index (χ4n) is 3.78. The zero-order chi connectivity index (χ0) is 24.3. The first kappa shape index (κ1) is 23.0.